The number of hydrogen-bond acceptors (Lipinski definition) is 4. The third-order valence-electron chi connectivity index (χ3n) is 6.31. The predicted molar refractivity (Wildman–Crippen MR) is 127 cm³/mol. The molecule has 0 fully saturated rings. The number of methoxy groups -OCH3 is 1. The van der Waals surface area contributed by atoms with Gasteiger partial charge in [-0.3, -0.25) is 9.69 Å². The van der Waals surface area contributed by atoms with Crippen LogP contribution >= 0.6 is 0 Å². The first-order valence-corrected chi connectivity index (χ1v) is 11.5. The van der Waals surface area contributed by atoms with Gasteiger partial charge in [0.05, 0.1) is 7.11 Å². The average molecular weight is 454 g/mol. The minimum Gasteiger partial charge on any atom is -0.493 e. The van der Waals surface area contributed by atoms with E-state index >= 15 is 0 Å². The highest BCUT2D eigenvalue weighted by Gasteiger charge is 2.30. The van der Waals surface area contributed by atoms with E-state index in [2.05, 4.69) is 23.7 Å². The third kappa shape index (κ3) is 4.98. The highest BCUT2D eigenvalue weighted by atomic mass is 19.1. The maximum absolute atomic E-state index is 13.7. The van der Waals surface area contributed by atoms with Crippen LogP contribution in [0.15, 0.2) is 36.5 Å². The van der Waals surface area contributed by atoms with E-state index in [0.717, 1.165) is 48.0 Å². The number of carbonyl (C=O) groups is 1. The first-order chi connectivity index (χ1) is 15.9. The summed E-state index contributed by atoms with van der Waals surface area (Å²) >= 11 is 0. The number of aromatic amines is 1. The normalized spacial score (nSPS) is 15.6. The molecule has 1 aliphatic rings. The number of rotatable bonds is 9. The molecule has 1 aromatic heterocycles. The molecule has 176 valence electrons. The van der Waals surface area contributed by atoms with Crippen molar-refractivity contribution < 1.29 is 18.7 Å². The minimum absolute atomic E-state index is 0.130. The summed E-state index contributed by atoms with van der Waals surface area (Å²) < 4.78 is 25.3. The van der Waals surface area contributed by atoms with Crippen molar-refractivity contribution in [3.05, 3.63) is 59.0 Å². The van der Waals surface area contributed by atoms with Crippen molar-refractivity contribution in [3.8, 4) is 11.5 Å². The molecule has 1 aliphatic heterocycles. The first-order valence-electron chi connectivity index (χ1n) is 11.5. The molecule has 3 N–H and O–H groups in total. The number of nitrogens with one attached hydrogen (secondary N) is 1. The molecule has 0 aliphatic carbocycles. The van der Waals surface area contributed by atoms with Crippen LogP contribution in [0.5, 0.6) is 11.5 Å². The van der Waals surface area contributed by atoms with E-state index in [-0.39, 0.29) is 11.9 Å². The Labute approximate surface area is 193 Å². The second-order valence-corrected chi connectivity index (χ2v) is 9.15. The maximum atomic E-state index is 13.7. The lowest BCUT2D eigenvalue weighted by atomic mass is 9.94. The Balaban J connectivity index is 1.50. The summed E-state index contributed by atoms with van der Waals surface area (Å²) in [6.45, 7) is 6.72. The van der Waals surface area contributed by atoms with Gasteiger partial charge in [0.1, 0.15) is 12.4 Å². The van der Waals surface area contributed by atoms with Crippen molar-refractivity contribution in [1.29, 1.82) is 0 Å². The van der Waals surface area contributed by atoms with Crippen LogP contribution in [-0.2, 0) is 12.8 Å². The van der Waals surface area contributed by atoms with Crippen LogP contribution in [0.2, 0.25) is 0 Å². The molecule has 2 aromatic carbocycles. The molecule has 0 radical (unpaired) electrons. The van der Waals surface area contributed by atoms with E-state index in [1.54, 1.807) is 31.4 Å². The van der Waals surface area contributed by atoms with Crippen LogP contribution in [0.3, 0.4) is 0 Å². The topological polar surface area (TPSA) is 80.6 Å². The number of fused-ring (bicyclic) bond motifs is 2. The lowest BCUT2D eigenvalue weighted by Crippen LogP contribution is -2.46. The molecule has 1 atom stereocenters. The third-order valence-corrected chi connectivity index (χ3v) is 6.31. The van der Waals surface area contributed by atoms with Crippen LogP contribution in [0.25, 0.3) is 10.9 Å². The van der Waals surface area contributed by atoms with Gasteiger partial charge in [0, 0.05) is 40.8 Å². The molecule has 0 bridgehead atoms. The van der Waals surface area contributed by atoms with Crippen molar-refractivity contribution in [1.82, 2.24) is 9.88 Å². The van der Waals surface area contributed by atoms with Gasteiger partial charge in [-0.25, -0.2) is 4.39 Å². The number of carbonyl (C=O) groups excluding carboxylic acids is 1. The Morgan fingerprint density at radius 1 is 1.33 bits per heavy atom. The summed E-state index contributed by atoms with van der Waals surface area (Å²) in [6.07, 6.45) is 4.43. The number of aryl methyl sites for hydroxylation is 1. The molecular formula is C26H32FN3O3. The van der Waals surface area contributed by atoms with E-state index in [9.17, 15) is 9.18 Å². The molecule has 3 aromatic rings. The number of amides is 1. The number of primary amides is 1. The maximum Gasteiger partial charge on any atom is 0.249 e. The van der Waals surface area contributed by atoms with Gasteiger partial charge in [0.25, 0.3) is 0 Å². The van der Waals surface area contributed by atoms with Crippen molar-refractivity contribution in [2.24, 2.45) is 11.7 Å². The standard InChI is InChI=1S/C26H32FN3O3/c1-16(2)14-30(10-4-5-17-13-29-23-8-6-18(27)11-21(17)23)19-12-22-20(26(28)31)7-9-24(32-3)25(22)33-15-19/h6-9,11,13,16,19,29H,4-5,10,12,14-15H2,1-3H3,(H2,28,31). The van der Waals surface area contributed by atoms with Crippen molar-refractivity contribution in [3.63, 3.8) is 0 Å². The van der Waals surface area contributed by atoms with Crippen LogP contribution in [-0.4, -0.2) is 48.6 Å². The summed E-state index contributed by atoms with van der Waals surface area (Å²) in [5, 5.41) is 0.943. The zero-order valence-electron chi connectivity index (χ0n) is 19.5. The molecule has 0 saturated carbocycles. The Morgan fingerprint density at radius 3 is 2.88 bits per heavy atom. The van der Waals surface area contributed by atoms with Gasteiger partial charge in [-0.1, -0.05) is 13.8 Å². The number of H-pyrrole nitrogens is 1. The molecule has 1 unspecified atom stereocenters. The summed E-state index contributed by atoms with van der Waals surface area (Å²) in [5.41, 5.74) is 9.03. The highest BCUT2D eigenvalue weighted by Crippen LogP contribution is 2.38. The van der Waals surface area contributed by atoms with E-state index in [0.29, 0.717) is 36.0 Å². The summed E-state index contributed by atoms with van der Waals surface area (Å²) in [7, 11) is 1.59. The lowest BCUT2D eigenvalue weighted by Gasteiger charge is -2.37. The highest BCUT2D eigenvalue weighted by molar-refractivity contribution is 5.95. The van der Waals surface area contributed by atoms with E-state index < -0.39 is 5.91 Å². The van der Waals surface area contributed by atoms with Crippen LogP contribution in [0, 0.1) is 11.7 Å². The van der Waals surface area contributed by atoms with Gasteiger partial charge in [-0.05, 0) is 67.6 Å². The van der Waals surface area contributed by atoms with Gasteiger partial charge in [-0.15, -0.1) is 0 Å². The largest absolute Gasteiger partial charge is 0.493 e. The second kappa shape index (κ2) is 9.83. The van der Waals surface area contributed by atoms with Gasteiger partial charge >= 0.3 is 0 Å². The number of hydrogen-bond donors (Lipinski definition) is 2. The SMILES string of the molecule is COc1ccc(C(N)=O)c2c1OCC(N(CCCc1c[nH]c3ccc(F)cc13)CC(C)C)C2. The number of benzene rings is 2. The van der Waals surface area contributed by atoms with Crippen molar-refractivity contribution >= 4 is 16.8 Å². The summed E-state index contributed by atoms with van der Waals surface area (Å²) in [5.74, 6) is 1.05. The average Bonchev–Trinajstić information content (AvgIpc) is 3.18. The van der Waals surface area contributed by atoms with Gasteiger partial charge in [0.15, 0.2) is 11.5 Å². The Morgan fingerprint density at radius 2 is 2.15 bits per heavy atom. The Bertz CT molecular complexity index is 1140. The van der Waals surface area contributed by atoms with Crippen molar-refractivity contribution in [2.75, 3.05) is 26.8 Å². The zero-order chi connectivity index (χ0) is 23.5. The van der Waals surface area contributed by atoms with Crippen LogP contribution in [0.1, 0.15) is 41.8 Å². The fourth-order valence-corrected chi connectivity index (χ4v) is 4.79. The van der Waals surface area contributed by atoms with Gasteiger partial charge < -0.3 is 20.2 Å². The van der Waals surface area contributed by atoms with E-state index in [4.69, 9.17) is 15.2 Å². The molecule has 4 rings (SSSR count). The van der Waals surface area contributed by atoms with E-state index in [1.165, 1.54) is 6.07 Å². The molecule has 7 heteroatoms. The summed E-state index contributed by atoms with van der Waals surface area (Å²) in [4.78, 5) is 17.7. The van der Waals surface area contributed by atoms with Crippen LogP contribution in [0.4, 0.5) is 4.39 Å². The van der Waals surface area contributed by atoms with Gasteiger partial charge in [0.2, 0.25) is 5.91 Å². The number of nitrogens with zero attached hydrogens (tertiary/aromatic N) is 1. The molecule has 2 heterocycles. The first kappa shape index (κ1) is 23.1. The molecule has 1 amide bonds. The monoisotopic (exact) mass is 453 g/mol. The molecule has 0 spiro atoms. The Kier molecular flexibility index (Phi) is 6.88. The van der Waals surface area contributed by atoms with Crippen molar-refractivity contribution in [2.45, 2.75) is 39.2 Å². The Hall–Kier alpha value is -3.06. The fraction of sp³-hybridized carbons (Fsp3) is 0.423. The molecule has 0 saturated heterocycles. The molecular weight excluding hydrogens is 421 g/mol. The predicted octanol–water partition coefficient (Wildman–Crippen LogP) is 4.31. The smallest absolute Gasteiger partial charge is 0.249 e. The fourth-order valence-electron chi connectivity index (χ4n) is 4.79. The summed E-state index contributed by atoms with van der Waals surface area (Å²) in [6, 6.07) is 8.43. The number of aromatic nitrogens is 1. The lowest BCUT2D eigenvalue weighted by molar-refractivity contribution is 0.0969. The van der Waals surface area contributed by atoms with E-state index in [1.807, 2.05) is 6.20 Å². The molecule has 6 nitrogen and oxygen atoms in total. The number of halogens is 1. The quantitative estimate of drug-likeness (QED) is 0.506. The molecule has 33 heavy (non-hydrogen) atoms. The van der Waals surface area contributed by atoms with Crippen LogP contribution < -0.4 is 15.2 Å². The second-order valence-electron chi connectivity index (χ2n) is 9.15. The number of ether oxygens (including phenoxy) is 2. The minimum atomic E-state index is -0.458. The zero-order valence-corrected chi connectivity index (χ0v) is 19.5. The number of nitrogens with two attached hydrogens (primary N) is 1. The van der Waals surface area contributed by atoms with Gasteiger partial charge in [-0.2, -0.15) is 0 Å².